The van der Waals surface area contributed by atoms with Crippen LogP contribution in [0, 0.1) is 6.92 Å². The number of carbonyl (C=O) groups excluding carboxylic acids is 1. The number of carbonyl (C=O) groups is 1. The lowest BCUT2D eigenvalue weighted by atomic mass is 9.99. The second kappa shape index (κ2) is 7.45. The Bertz CT molecular complexity index is 724. The van der Waals surface area contributed by atoms with Crippen LogP contribution in [0.15, 0.2) is 36.7 Å². The van der Waals surface area contributed by atoms with Gasteiger partial charge in [0.15, 0.2) is 0 Å². The van der Waals surface area contributed by atoms with E-state index in [9.17, 15) is 4.79 Å². The van der Waals surface area contributed by atoms with Crippen LogP contribution in [-0.2, 0) is 0 Å². The summed E-state index contributed by atoms with van der Waals surface area (Å²) in [7, 11) is 0. The average Bonchev–Trinajstić information content (AvgIpc) is 2.62. The molecule has 1 aliphatic heterocycles. The van der Waals surface area contributed by atoms with Gasteiger partial charge in [0.05, 0.1) is 12.8 Å². The summed E-state index contributed by atoms with van der Waals surface area (Å²) in [5.74, 6) is 0.864. The number of ether oxygens (including phenoxy) is 1. The molecular formula is C19H23N3O2. The fourth-order valence-electron chi connectivity index (χ4n) is 2.98. The van der Waals surface area contributed by atoms with Gasteiger partial charge in [-0.2, -0.15) is 0 Å². The molecule has 1 amide bonds. The molecule has 24 heavy (non-hydrogen) atoms. The van der Waals surface area contributed by atoms with E-state index in [-0.39, 0.29) is 5.91 Å². The van der Waals surface area contributed by atoms with Gasteiger partial charge < -0.3 is 15.0 Å². The minimum atomic E-state index is 0.104. The highest BCUT2D eigenvalue weighted by atomic mass is 16.5. The first-order chi connectivity index (χ1) is 11.7. The Balaban J connectivity index is 1.84. The number of amides is 1. The van der Waals surface area contributed by atoms with Gasteiger partial charge >= 0.3 is 0 Å². The summed E-state index contributed by atoms with van der Waals surface area (Å²) in [6.07, 6.45) is 3.53. The summed E-state index contributed by atoms with van der Waals surface area (Å²) in [6.45, 7) is 7.84. The minimum absolute atomic E-state index is 0.104. The van der Waals surface area contributed by atoms with Crippen molar-refractivity contribution in [3.05, 3.63) is 47.8 Å². The first-order valence-corrected chi connectivity index (χ1v) is 8.38. The molecule has 5 heteroatoms. The number of hydrogen-bond donors (Lipinski definition) is 1. The van der Waals surface area contributed by atoms with Gasteiger partial charge in [0, 0.05) is 43.5 Å². The molecule has 5 nitrogen and oxygen atoms in total. The van der Waals surface area contributed by atoms with Crippen LogP contribution in [0.25, 0.3) is 11.1 Å². The summed E-state index contributed by atoms with van der Waals surface area (Å²) in [6, 6.07) is 7.85. The van der Waals surface area contributed by atoms with Gasteiger partial charge in [-0.05, 0) is 43.2 Å². The van der Waals surface area contributed by atoms with E-state index in [2.05, 4.69) is 10.3 Å². The molecule has 0 saturated carbocycles. The van der Waals surface area contributed by atoms with Crippen LogP contribution < -0.4 is 10.1 Å². The third kappa shape index (κ3) is 3.57. The summed E-state index contributed by atoms with van der Waals surface area (Å²) >= 11 is 0. The lowest BCUT2D eigenvalue weighted by molar-refractivity contribution is 0.0735. The highest BCUT2D eigenvalue weighted by Crippen LogP contribution is 2.27. The molecule has 0 radical (unpaired) electrons. The molecule has 1 aromatic carbocycles. The minimum Gasteiger partial charge on any atom is -0.492 e. The van der Waals surface area contributed by atoms with Crippen molar-refractivity contribution in [3.63, 3.8) is 0 Å². The van der Waals surface area contributed by atoms with Crippen molar-refractivity contribution < 1.29 is 9.53 Å². The predicted octanol–water partition coefficient (Wildman–Crippen LogP) is 2.50. The van der Waals surface area contributed by atoms with E-state index >= 15 is 0 Å². The Morgan fingerprint density at radius 2 is 2.04 bits per heavy atom. The van der Waals surface area contributed by atoms with Crippen LogP contribution in [0.5, 0.6) is 5.75 Å². The van der Waals surface area contributed by atoms with Crippen molar-refractivity contribution in [2.75, 3.05) is 32.8 Å². The highest BCUT2D eigenvalue weighted by molar-refractivity contribution is 5.95. The number of pyridine rings is 1. The van der Waals surface area contributed by atoms with Crippen LogP contribution in [-0.4, -0.2) is 48.6 Å². The molecule has 0 bridgehead atoms. The Morgan fingerprint density at radius 1 is 1.25 bits per heavy atom. The molecular weight excluding hydrogens is 302 g/mol. The van der Waals surface area contributed by atoms with E-state index in [1.54, 1.807) is 6.20 Å². The molecule has 1 aromatic heterocycles. The van der Waals surface area contributed by atoms with Crippen molar-refractivity contribution in [3.8, 4) is 16.9 Å². The van der Waals surface area contributed by atoms with Crippen LogP contribution in [0.4, 0.5) is 0 Å². The number of piperazine rings is 1. The highest BCUT2D eigenvalue weighted by Gasteiger charge is 2.18. The average molecular weight is 325 g/mol. The molecule has 1 N–H and O–H groups in total. The molecule has 0 spiro atoms. The maximum atomic E-state index is 12.6. The van der Waals surface area contributed by atoms with Gasteiger partial charge in [0.25, 0.3) is 5.91 Å². The van der Waals surface area contributed by atoms with E-state index in [0.717, 1.165) is 54.2 Å². The third-order valence-electron chi connectivity index (χ3n) is 4.21. The van der Waals surface area contributed by atoms with Gasteiger partial charge in [-0.15, -0.1) is 0 Å². The van der Waals surface area contributed by atoms with Crippen LogP contribution in [0.2, 0.25) is 0 Å². The zero-order chi connectivity index (χ0) is 16.9. The first kappa shape index (κ1) is 16.5. The smallest absolute Gasteiger partial charge is 0.253 e. The molecule has 1 fully saturated rings. The van der Waals surface area contributed by atoms with Crippen LogP contribution in [0.1, 0.15) is 22.8 Å². The van der Waals surface area contributed by atoms with Gasteiger partial charge in [0.1, 0.15) is 5.75 Å². The Hall–Kier alpha value is -2.40. The lowest BCUT2D eigenvalue weighted by Crippen LogP contribution is -2.46. The molecule has 126 valence electrons. The first-order valence-electron chi connectivity index (χ1n) is 8.38. The van der Waals surface area contributed by atoms with E-state index < -0.39 is 0 Å². The molecule has 2 heterocycles. The molecule has 3 rings (SSSR count). The predicted molar refractivity (Wildman–Crippen MR) is 94.4 cm³/mol. The quantitative estimate of drug-likeness (QED) is 0.938. The number of nitrogens with zero attached hydrogens (tertiary/aromatic N) is 2. The molecule has 1 aliphatic rings. The number of aromatic nitrogens is 1. The monoisotopic (exact) mass is 325 g/mol. The summed E-state index contributed by atoms with van der Waals surface area (Å²) in [5.41, 5.74) is 3.87. The Morgan fingerprint density at radius 3 is 2.75 bits per heavy atom. The number of rotatable bonds is 4. The molecule has 1 saturated heterocycles. The standard InChI is InChI=1S/C19H23N3O2/c1-3-24-17-11-16(12-21-13-17)18-5-4-15(10-14(18)2)19(23)22-8-6-20-7-9-22/h4-5,10-13,20H,3,6-9H2,1-2H3. The van der Waals surface area contributed by atoms with Crippen molar-refractivity contribution in [2.45, 2.75) is 13.8 Å². The van der Waals surface area contributed by atoms with Crippen molar-refractivity contribution in [1.82, 2.24) is 15.2 Å². The van der Waals surface area contributed by atoms with Crippen molar-refractivity contribution in [2.24, 2.45) is 0 Å². The zero-order valence-corrected chi connectivity index (χ0v) is 14.2. The maximum Gasteiger partial charge on any atom is 0.253 e. The van der Waals surface area contributed by atoms with E-state index in [0.29, 0.717) is 6.61 Å². The normalized spacial score (nSPS) is 14.5. The second-order valence-corrected chi connectivity index (χ2v) is 5.91. The molecule has 0 aliphatic carbocycles. The Kier molecular flexibility index (Phi) is 5.11. The van der Waals surface area contributed by atoms with Gasteiger partial charge in [-0.3, -0.25) is 9.78 Å². The zero-order valence-electron chi connectivity index (χ0n) is 14.2. The van der Waals surface area contributed by atoms with Crippen molar-refractivity contribution in [1.29, 1.82) is 0 Å². The fourth-order valence-corrected chi connectivity index (χ4v) is 2.98. The van der Waals surface area contributed by atoms with Gasteiger partial charge in [0.2, 0.25) is 0 Å². The molecule has 2 aromatic rings. The molecule has 0 unspecified atom stereocenters. The summed E-state index contributed by atoms with van der Waals surface area (Å²) in [4.78, 5) is 18.8. The van der Waals surface area contributed by atoms with Gasteiger partial charge in [-0.1, -0.05) is 6.07 Å². The number of hydrogen-bond acceptors (Lipinski definition) is 4. The SMILES string of the molecule is CCOc1cncc(-c2ccc(C(=O)N3CCNCC3)cc2C)c1. The lowest BCUT2D eigenvalue weighted by Gasteiger charge is -2.27. The van der Waals surface area contributed by atoms with Crippen LogP contribution >= 0.6 is 0 Å². The van der Waals surface area contributed by atoms with Gasteiger partial charge in [-0.25, -0.2) is 0 Å². The molecule has 0 atom stereocenters. The maximum absolute atomic E-state index is 12.6. The van der Waals surface area contributed by atoms with E-state index in [1.165, 1.54) is 0 Å². The summed E-state index contributed by atoms with van der Waals surface area (Å²) in [5, 5.41) is 3.27. The number of aryl methyl sites for hydroxylation is 1. The van der Waals surface area contributed by atoms with Crippen LogP contribution in [0.3, 0.4) is 0 Å². The number of nitrogens with one attached hydrogen (secondary N) is 1. The second-order valence-electron chi connectivity index (χ2n) is 5.91. The van der Waals surface area contributed by atoms with Crippen molar-refractivity contribution >= 4 is 5.91 Å². The van der Waals surface area contributed by atoms with E-state index in [1.807, 2.05) is 49.2 Å². The fraction of sp³-hybridized carbons (Fsp3) is 0.368. The topological polar surface area (TPSA) is 54.5 Å². The number of benzene rings is 1. The van der Waals surface area contributed by atoms with E-state index in [4.69, 9.17) is 4.74 Å². The third-order valence-corrected chi connectivity index (χ3v) is 4.21. The Labute approximate surface area is 142 Å². The summed E-state index contributed by atoms with van der Waals surface area (Å²) < 4.78 is 5.52. The largest absolute Gasteiger partial charge is 0.492 e.